The first-order valence-corrected chi connectivity index (χ1v) is 22.9. The fourth-order valence-electron chi connectivity index (χ4n) is 9.33. The molecule has 0 saturated carbocycles. The molecule has 0 fully saturated rings. The van der Waals surface area contributed by atoms with E-state index in [1.807, 2.05) is 0 Å². The van der Waals surface area contributed by atoms with Crippen LogP contribution in [0.25, 0.3) is 32.7 Å². The van der Waals surface area contributed by atoms with E-state index >= 15 is 0 Å². The Morgan fingerprint density at radius 1 is 0.630 bits per heavy atom. The molecule has 0 aliphatic heterocycles. The van der Waals surface area contributed by atoms with E-state index in [-0.39, 0.29) is 35.6 Å². The van der Waals surface area contributed by atoms with Crippen molar-refractivity contribution in [3.63, 3.8) is 0 Å². The maximum atomic E-state index is 2.61. The topological polar surface area (TPSA) is 0 Å². The number of allylic oxidation sites excluding steroid dienone is 4. The number of hydrogen-bond acceptors (Lipinski definition) is 0. The fourth-order valence-corrected chi connectivity index (χ4v) is 17.9. The Hall–Kier alpha value is -3.35. The minimum absolute atomic E-state index is 0. The van der Waals surface area contributed by atoms with Crippen LogP contribution in [0, 0.1) is 13.8 Å². The summed E-state index contributed by atoms with van der Waals surface area (Å²) in [6.45, 7) is 19.2. The smallest absolute Gasteiger partial charge is 1.00 e. The molecule has 3 heteroatoms. The van der Waals surface area contributed by atoms with Crippen LogP contribution < -0.4 is 28.1 Å². The van der Waals surface area contributed by atoms with Gasteiger partial charge in [-0.15, -0.1) is 0 Å². The second-order valence-corrected chi connectivity index (χ2v) is 23.8. The molecule has 274 valence electrons. The van der Waals surface area contributed by atoms with Gasteiger partial charge in [0.1, 0.15) is 0 Å². The maximum absolute atomic E-state index is 2.80. The summed E-state index contributed by atoms with van der Waals surface area (Å²) < 4.78 is 5.25. The van der Waals surface area contributed by atoms with Crippen molar-refractivity contribution in [3.8, 4) is 11.1 Å². The van der Waals surface area contributed by atoms with Crippen molar-refractivity contribution in [1.29, 1.82) is 0 Å². The average molecular weight is 827 g/mol. The number of fused-ring (bicyclic) bond motifs is 5. The van der Waals surface area contributed by atoms with Crippen molar-refractivity contribution in [3.05, 3.63) is 169 Å². The molecule has 0 amide bonds. The van der Waals surface area contributed by atoms with Gasteiger partial charge in [-0.2, -0.15) is 0 Å². The van der Waals surface area contributed by atoms with Gasteiger partial charge in [0.25, 0.3) is 0 Å². The summed E-state index contributed by atoms with van der Waals surface area (Å²) >= 11 is -2.80. The molecule has 0 saturated heterocycles. The Morgan fingerprint density at radius 3 is 1.70 bits per heavy atom. The quantitative estimate of drug-likeness (QED) is 0.179. The number of benzene rings is 6. The molecule has 0 heterocycles. The van der Waals surface area contributed by atoms with Crippen LogP contribution in [0.4, 0.5) is 0 Å². The SMILES string of the molecule is Cc1cc2c(cc1C(C)(C)C)-c1cc(C(C)(C)C)c(C)[c]([Zr+2]([C]3=CC=CC3)=[C](Cc3cccc4ccccc34)Cc3cccc4ccccc34)c1C2.[Cl-].[Cl-]. The van der Waals surface area contributed by atoms with Gasteiger partial charge >= 0.3 is 321 Å². The zero-order valence-electron chi connectivity index (χ0n) is 33.1. The Bertz CT molecular complexity index is 2400. The van der Waals surface area contributed by atoms with E-state index in [2.05, 4.69) is 177 Å². The number of rotatable bonds is 6. The molecule has 0 radical (unpaired) electrons. The van der Waals surface area contributed by atoms with Gasteiger partial charge in [-0.05, 0) is 0 Å². The largest absolute Gasteiger partial charge is 1.00 e. The molecule has 8 rings (SSSR count). The second-order valence-electron chi connectivity index (χ2n) is 17.4. The molecule has 0 atom stereocenters. The van der Waals surface area contributed by atoms with Crippen LogP contribution in [-0.4, -0.2) is 3.21 Å². The van der Waals surface area contributed by atoms with Crippen LogP contribution in [0.5, 0.6) is 0 Å². The van der Waals surface area contributed by atoms with Gasteiger partial charge in [0.05, 0.1) is 0 Å². The predicted octanol–water partition coefficient (Wildman–Crippen LogP) is 6.53. The normalized spacial score (nSPS) is 13.1. The van der Waals surface area contributed by atoms with Gasteiger partial charge in [-0.1, -0.05) is 0 Å². The molecule has 0 bridgehead atoms. The molecule has 0 spiro atoms. The van der Waals surface area contributed by atoms with Crippen LogP contribution in [-0.2, 0) is 51.4 Å². The van der Waals surface area contributed by atoms with E-state index in [9.17, 15) is 0 Å². The first-order valence-electron chi connectivity index (χ1n) is 19.2. The molecular weight excluding hydrogens is 775 g/mol. The molecule has 2 aliphatic rings. The van der Waals surface area contributed by atoms with E-state index in [1.54, 1.807) is 20.9 Å². The van der Waals surface area contributed by atoms with E-state index in [0.717, 1.165) is 25.7 Å². The standard InChI is InChI=1S/C23H18.C23H29.C5H5.2ClH.Zr/c1-3-16-22-18(8-1)10-5-12-20(22)14-7-15-21-13-6-11-19-9-2-4-17-23(19)21;1-14-9-16-11-17-10-15(2)21(23(6,7)8)13-19(17)18(16)12-20(14)22(3,4)5;1-2-4-5-3-1;;;/h1-6,8-13,16-17H,14-15H2;9,12-13H,11H2,1-8H3;1-3H,4H2;2*1H;/q;;;;;+2/p-2. The third-order valence-electron chi connectivity index (χ3n) is 11.7. The molecule has 0 nitrogen and oxygen atoms in total. The van der Waals surface area contributed by atoms with Crippen molar-refractivity contribution in [2.24, 2.45) is 0 Å². The molecule has 54 heavy (non-hydrogen) atoms. The molecule has 0 unspecified atom stereocenters. The molecule has 6 aromatic rings. The number of hydrogen-bond donors (Lipinski definition) is 0. The molecule has 0 N–H and O–H groups in total. The summed E-state index contributed by atoms with van der Waals surface area (Å²) in [5.41, 5.74) is 15.2. The van der Waals surface area contributed by atoms with Crippen LogP contribution in [0.3, 0.4) is 0 Å². The molecule has 0 aromatic heterocycles. The summed E-state index contributed by atoms with van der Waals surface area (Å²) in [5, 5.41) is 5.46. The summed E-state index contributed by atoms with van der Waals surface area (Å²) in [6, 6.07) is 39.7. The monoisotopic (exact) mass is 824 g/mol. The van der Waals surface area contributed by atoms with Crippen molar-refractivity contribution in [2.75, 3.05) is 0 Å². The van der Waals surface area contributed by atoms with Crippen LogP contribution >= 0.6 is 0 Å². The second kappa shape index (κ2) is 15.7. The first-order chi connectivity index (χ1) is 24.9. The Labute approximate surface area is 343 Å². The summed E-state index contributed by atoms with van der Waals surface area (Å²) in [5.74, 6) is 0. The first kappa shape index (κ1) is 40.3. The van der Waals surface area contributed by atoms with Crippen LogP contribution in [0.2, 0.25) is 0 Å². The van der Waals surface area contributed by atoms with Crippen molar-refractivity contribution in [1.82, 2.24) is 0 Å². The van der Waals surface area contributed by atoms with Gasteiger partial charge in [0.15, 0.2) is 0 Å². The van der Waals surface area contributed by atoms with Crippen molar-refractivity contribution >= 4 is 28.0 Å². The molecule has 6 aromatic carbocycles. The van der Waals surface area contributed by atoms with E-state index in [4.69, 9.17) is 0 Å². The van der Waals surface area contributed by atoms with Crippen molar-refractivity contribution < 1.29 is 46.1 Å². The van der Waals surface area contributed by atoms with Crippen LogP contribution in [0.1, 0.15) is 92.5 Å². The van der Waals surface area contributed by atoms with E-state index in [1.165, 1.54) is 66.1 Å². The predicted molar refractivity (Wildman–Crippen MR) is 223 cm³/mol. The van der Waals surface area contributed by atoms with Gasteiger partial charge < -0.3 is 24.8 Å². The van der Waals surface area contributed by atoms with E-state index in [0.29, 0.717) is 0 Å². The zero-order chi connectivity index (χ0) is 36.4. The van der Waals surface area contributed by atoms with E-state index < -0.39 is 21.3 Å². The molecule has 2 aliphatic carbocycles. The number of halogens is 2. The molecular formula is C51H52Cl2Zr. The minimum Gasteiger partial charge on any atom is -1.00 e. The van der Waals surface area contributed by atoms with Gasteiger partial charge in [0.2, 0.25) is 0 Å². The fraction of sp³-hybridized carbons (Fsp3) is 0.275. The Balaban J connectivity index is 0.00000249. The third-order valence-corrected chi connectivity index (χ3v) is 19.7. The van der Waals surface area contributed by atoms with Crippen molar-refractivity contribution in [2.45, 2.75) is 91.9 Å². The van der Waals surface area contributed by atoms with Gasteiger partial charge in [-0.25, -0.2) is 0 Å². The van der Waals surface area contributed by atoms with Crippen LogP contribution in [0.15, 0.2) is 125 Å². The summed E-state index contributed by atoms with van der Waals surface area (Å²) in [6.07, 6.45) is 11.4. The maximum Gasteiger partial charge on any atom is -1.00 e. The summed E-state index contributed by atoms with van der Waals surface area (Å²) in [4.78, 5) is 0. The van der Waals surface area contributed by atoms with Gasteiger partial charge in [-0.3, -0.25) is 0 Å². The third kappa shape index (κ3) is 7.47. The zero-order valence-corrected chi connectivity index (χ0v) is 37.1. The Kier molecular flexibility index (Phi) is 11.7. The number of aryl methyl sites for hydroxylation is 1. The average Bonchev–Trinajstić information content (AvgIpc) is 3.76. The van der Waals surface area contributed by atoms with Gasteiger partial charge in [0, 0.05) is 0 Å². The minimum atomic E-state index is -2.80. The Morgan fingerprint density at radius 2 is 1.17 bits per heavy atom. The summed E-state index contributed by atoms with van der Waals surface area (Å²) in [7, 11) is 0.